The van der Waals surface area contributed by atoms with Crippen LogP contribution in [0.5, 0.6) is 17.2 Å². The van der Waals surface area contributed by atoms with Gasteiger partial charge in [0.1, 0.15) is 5.75 Å². The van der Waals surface area contributed by atoms with E-state index in [1.165, 1.54) is 12.7 Å². The Morgan fingerprint density at radius 2 is 1.69 bits per heavy atom. The number of benzene rings is 2. The van der Waals surface area contributed by atoms with Crippen LogP contribution in [0, 0.1) is 0 Å². The number of rotatable bonds is 11. The van der Waals surface area contributed by atoms with Crippen molar-refractivity contribution in [3.05, 3.63) is 72.1 Å². The van der Waals surface area contributed by atoms with Crippen molar-refractivity contribution in [3.8, 4) is 17.2 Å². The number of piperazine rings is 1. The molecule has 2 heterocycles. The van der Waals surface area contributed by atoms with Crippen LogP contribution < -0.4 is 24.4 Å². The molecule has 0 aliphatic carbocycles. The molecule has 3 aromatic rings. The lowest BCUT2D eigenvalue weighted by molar-refractivity contribution is 0.0948. The molecule has 4 rings (SSSR count). The van der Waals surface area contributed by atoms with Gasteiger partial charge in [-0.3, -0.25) is 9.69 Å². The zero-order valence-electron chi connectivity index (χ0n) is 20.9. The summed E-state index contributed by atoms with van der Waals surface area (Å²) in [6, 6.07) is 15.3. The van der Waals surface area contributed by atoms with Crippen LogP contribution in [-0.2, 0) is 6.54 Å². The second-order valence-electron chi connectivity index (χ2n) is 8.45. The van der Waals surface area contributed by atoms with Crippen molar-refractivity contribution in [1.29, 1.82) is 0 Å². The lowest BCUT2D eigenvalue weighted by Gasteiger charge is -2.34. The van der Waals surface area contributed by atoms with E-state index in [1.54, 1.807) is 37.7 Å². The van der Waals surface area contributed by atoms with Crippen LogP contribution in [0.2, 0.25) is 0 Å². The van der Waals surface area contributed by atoms with Crippen molar-refractivity contribution in [2.45, 2.75) is 13.0 Å². The summed E-state index contributed by atoms with van der Waals surface area (Å²) in [5.41, 5.74) is 1.70. The van der Waals surface area contributed by atoms with Gasteiger partial charge in [0.2, 0.25) is 5.95 Å². The first-order valence-corrected chi connectivity index (χ1v) is 12.1. The molecule has 1 aromatic heterocycles. The van der Waals surface area contributed by atoms with E-state index in [-0.39, 0.29) is 5.91 Å². The van der Waals surface area contributed by atoms with Crippen LogP contribution in [0.4, 0.5) is 5.95 Å². The number of hydrogen-bond acceptors (Lipinski definition) is 8. The smallest absolute Gasteiger partial charge is 0.255 e. The van der Waals surface area contributed by atoms with Gasteiger partial charge in [0.05, 0.1) is 26.4 Å². The molecule has 9 heteroatoms. The number of hydrogen-bond donors (Lipinski definition) is 1. The number of methoxy groups -OCH3 is 2. The van der Waals surface area contributed by atoms with Crippen LogP contribution in [0.15, 0.2) is 60.9 Å². The van der Waals surface area contributed by atoms with Gasteiger partial charge in [0, 0.05) is 51.7 Å². The predicted molar refractivity (Wildman–Crippen MR) is 138 cm³/mol. The van der Waals surface area contributed by atoms with Gasteiger partial charge < -0.3 is 24.4 Å². The Kier molecular flexibility index (Phi) is 8.93. The monoisotopic (exact) mass is 491 g/mol. The van der Waals surface area contributed by atoms with Gasteiger partial charge in [-0.05, 0) is 42.3 Å². The van der Waals surface area contributed by atoms with Crippen LogP contribution >= 0.6 is 0 Å². The normalized spacial score (nSPS) is 13.8. The van der Waals surface area contributed by atoms with Crippen LogP contribution in [0.1, 0.15) is 22.3 Å². The standard InChI is InChI=1S/C27H33N5O4/c1-34-24-7-3-6-23(25(24)35-2)26(33)28-14-5-19-36-22-10-8-21(9-11-22)20-31-15-17-32(18-16-31)27-29-12-4-13-30-27/h3-4,6-13H,5,14-20H2,1-2H3,(H,28,33). The molecule has 2 aromatic carbocycles. The van der Waals surface area contributed by atoms with Crippen molar-refractivity contribution in [2.24, 2.45) is 0 Å². The van der Waals surface area contributed by atoms with Gasteiger partial charge in [0.15, 0.2) is 11.5 Å². The van der Waals surface area contributed by atoms with Crippen LogP contribution in [0.3, 0.4) is 0 Å². The second-order valence-corrected chi connectivity index (χ2v) is 8.45. The maximum absolute atomic E-state index is 12.5. The fraction of sp³-hybridized carbons (Fsp3) is 0.370. The molecular formula is C27H33N5O4. The van der Waals surface area contributed by atoms with Crippen molar-refractivity contribution in [1.82, 2.24) is 20.2 Å². The first kappa shape index (κ1) is 25.2. The fourth-order valence-corrected chi connectivity index (χ4v) is 4.14. The summed E-state index contributed by atoms with van der Waals surface area (Å²) in [4.78, 5) is 25.9. The maximum Gasteiger partial charge on any atom is 0.255 e. The molecule has 0 unspecified atom stereocenters. The van der Waals surface area contributed by atoms with Gasteiger partial charge >= 0.3 is 0 Å². The number of carbonyl (C=O) groups excluding carboxylic acids is 1. The molecule has 0 spiro atoms. The highest BCUT2D eigenvalue weighted by molar-refractivity contribution is 5.97. The van der Waals surface area contributed by atoms with E-state index >= 15 is 0 Å². The van der Waals surface area contributed by atoms with Gasteiger partial charge in [-0.2, -0.15) is 0 Å². The quantitative estimate of drug-likeness (QED) is 0.410. The summed E-state index contributed by atoms with van der Waals surface area (Å²) in [5.74, 6) is 2.39. The van der Waals surface area contributed by atoms with E-state index in [4.69, 9.17) is 14.2 Å². The zero-order chi connectivity index (χ0) is 25.2. The summed E-state index contributed by atoms with van der Waals surface area (Å²) in [6.45, 7) is 5.71. The SMILES string of the molecule is COc1cccc(C(=O)NCCCOc2ccc(CN3CCN(c4ncccn4)CC3)cc2)c1OC. The molecule has 1 saturated heterocycles. The number of nitrogens with one attached hydrogen (secondary N) is 1. The van der Waals surface area contributed by atoms with Crippen LogP contribution in [-0.4, -0.2) is 74.3 Å². The van der Waals surface area contributed by atoms with Crippen molar-refractivity contribution >= 4 is 11.9 Å². The molecule has 9 nitrogen and oxygen atoms in total. The second kappa shape index (κ2) is 12.7. The molecule has 0 atom stereocenters. The summed E-state index contributed by atoms with van der Waals surface area (Å²) in [5, 5.41) is 2.91. The first-order chi connectivity index (χ1) is 17.7. The minimum Gasteiger partial charge on any atom is -0.494 e. The molecule has 0 bridgehead atoms. The van der Waals surface area contributed by atoms with E-state index in [0.29, 0.717) is 36.6 Å². The Balaban J connectivity index is 1.15. The van der Waals surface area contributed by atoms with E-state index in [9.17, 15) is 4.79 Å². The van der Waals surface area contributed by atoms with Crippen LogP contribution in [0.25, 0.3) is 0 Å². The summed E-state index contributed by atoms with van der Waals surface area (Å²) in [7, 11) is 3.07. The number of anilines is 1. The zero-order valence-corrected chi connectivity index (χ0v) is 20.9. The highest BCUT2D eigenvalue weighted by atomic mass is 16.5. The molecule has 1 fully saturated rings. The highest BCUT2D eigenvalue weighted by Crippen LogP contribution is 2.30. The predicted octanol–water partition coefficient (Wildman–Crippen LogP) is 3.01. The van der Waals surface area contributed by atoms with E-state index < -0.39 is 0 Å². The average Bonchev–Trinajstić information content (AvgIpc) is 2.94. The average molecular weight is 492 g/mol. The van der Waals surface area contributed by atoms with Gasteiger partial charge in [-0.15, -0.1) is 0 Å². The van der Waals surface area contributed by atoms with Crippen molar-refractivity contribution in [3.63, 3.8) is 0 Å². The van der Waals surface area contributed by atoms with Crippen molar-refractivity contribution in [2.75, 3.05) is 58.5 Å². The molecule has 1 amide bonds. The van der Waals surface area contributed by atoms with E-state index in [1.807, 2.05) is 18.2 Å². The summed E-state index contributed by atoms with van der Waals surface area (Å²) in [6.07, 6.45) is 4.26. The van der Waals surface area contributed by atoms with Gasteiger partial charge in [-0.25, -0.2) is 9.97 Å². The third-order valence-corrected chi connectivity index (χ3v) is 6.06. The highest BCUT2D eigenvalue weighted by Gasteiger charge is 2.19. The number of amides is 1. The van der Waals surface area contributed by atoms with Crippen molar-refractivity contribution < 1.29 is 19.0 Å². The first-order valence-electron chi connectivity index (χ1n) is 12.1. The molecular weight excluding hydrogens is 458 g/mol. The maximum atomic E-state index is 12.5. The Morgan fingerprint density at radius 3 is 2.39 bits per heavy atom. The Labute approximate surface area is 212 Å². The molecule has 0 saturated carbocycles. The lowest BCUT2D eigenvalue weighted by atomic mass is 10.1. The lowest BCUT2D eigenvalue weighted by Crippen LogP contribution is -2.46. The van der Waals surface area contributed by atoms with E-state index in [2.05, 4.69) is 37.2 Å². The summed E-state index contributed by atoms with van der Waals surface area (Å²) >= 11 is 0. The Morgan fingerprint density at radius 1 is 0.944 bits per heavy atom. The number of para-hydroxylation sites is 1. The number of aromatic nitrogens is 2. The van der Waals surface area contributed by atoms with Gasteiger partial charge in [-0.1, -0.05) is 18.2 Å². The molecule has 190 valence electrons. The minimum atomic E-state index is -0.202. The Bertz CT molecular complexity index is 1100. The topological polar surface area (TPSA) is 89.1 Å². The molecule has 36 heavy (non-hydrogen) atoms. The fourth-order valence-electron chi connectivity index (χ4n) is 4.14. The number of ether oxygens (including phenoxy) is 3. The Hall–Kier alpha value is -3.85. The third-order valence-electron chi connectivity index (χ3n) is 6.06. The minimum absolute atomic E-state index is 0.202. The van der Waals surface area contributed by atoms with E-state index in [0.717, 1.165) is 44.4 Å². The molecule has 1 aliphatic rings. The number of nitrogens with zero attached hydrogens (tertiary/aromatic N) is 4. The molecule has 1 aliphatic heterocycles. The third kappa shape index (κ3) is 6.63. The summed E-state index contributed by atoms with van der Waals surface area (Å²) < 4.78 is 16.4. The van der Waals surface area contributed by atoms with Gasteiger partial charge in [0.25, 0.3) is 5.91 Å². The number of carbonyl (C=O) groups is 1. The largest absolute Gasteiger partial charge is 0.494 e. The molecule has 0 radical (unpaired) electrons. The molecule has 1 N–H and O–H groups in total.